The van der Waals surface area contributed by atoms with E-state index in [1.807, 2.05) is 30.3 Å². The van der Waals surface area contributed by atoms with Crippen molar-refractivity contribution in [2.45, 2.75) is 70.0 Å². The number of carbonyl (C=O) groups excluding carboxylic acids is 1. The van der Waals surface area contributed by atoms with Crippen LogP contribution in [-0.2, 0) is 4.74 Å². The average molecular weight is 417 g/mol. The summed E-state index contributed by atoms with van der Waals surface area (Å²) in [5, 5.41) is 0. The van der Waals surface area contributed by atoms with E-state index in [9.17, 15) is 4.79 Å². The van der Waals surface area contributed by atoms with Crippen molar-refractivity contribution in [3.05, 3.63) is 28.2 Å². The second-order valence-electron chi connectivity index (χ2n) is 6.82. The number of carbonyl (C=O) groups is 1. The van der Waals surface area contributed by atoms with Gasteiger partial charge in [0.25, 0.3) is 0 Å². The minimum Gasteiger partial charge on any atom is -0.462 e. The molecule has 0 N–H and O–H groups in total. The molecule has 23 heavy (non-hydrogen) atoms. The van der Waals surface area contributed by atoms with Crippen molar-refractivity contribution in [2.75, 3.05) is 6.61 Å². The lowest BCUT2D eigenvalue weighted by Crippen LogP contribution is -2.41. The first-order chi connectivity index (χ1) is 10.6. The van der Waals surface area contributed by atoms with E-state index >= 15 is 0 Å². The molecule has 0 aliphatic rings. The Morgan fingerprint density at radius 2 is 1.61 bits per heavy atom. The number of benzene rings is 1. The number of halogens is 1. The van der Waals surface area contributed by atoms with E-state index in [0.717, 1.165) is 4.47 Å². The van der Waals surface area contributed by atoms with Gasteiger partial charge < -0.3 is 4.74 Å². The number of hydrogen-bond donors (Lipinski definition) is 0. The van der Waals surface area contributed by atoms with Crippen LogP contribution in [0.4, 0.5) is 0 Å². The minimum atomic E-state index is -1.62. The van der Waals surface area contributed by atoms with Gasteiger partial charge in [-0.1, -0.05) is 57.5 Å². The molecule has 130 valence electrons. The van der Waals surface area contributed by atoms with Gasteiger partial charge in [0.2, 0.25) is 0 Å². The van der Waals surface area contributed by atoms with E-state index in [4.69, 9.17) is 4.74 Å². The number of esters is 1. The molecule has 0 aromatic heterocycles. The lowest BCUT2D eigenvalue weighted by atomic mass is 10.2. The van der Waals surface area contributed by atoms with Crippen LogP contribution in [0, 0.1) is 0 Å². The third kappa shape index (κ3) is 4.86. The third-order valence-electron chi connectivity index (χ3n) is 4.38. The maximum absolute atomic E-state index is 12.1. The molecule has 0 bridgehead atoms. The van der Waals surface area contributed by atoms with Crippen LogP contribution in [0.2, 0.25) is 16.6 Å². The van der Waals surface area contributed by atoms with Crippen molar-refractivity contribution in [2.24, 2.45) is 0 Å². The maximum atomic E-state index is 12.1. The molecule has 0 aliphatic heterocycles. The Kier molecular flexibility index (Phi) is 7.88. The van der Waals surface area contributed by atoms with E-state index < -0.39 is 7.22 Å². The number of ether oxygens (including phenoxy) is 1. The fraction of sp³-hybridized carbons (Fsp3) is 0.611. The molecule has 0 atom stereocenters. The van der Waals surface area contributed by atoms with Gasteiger partial charge >= 0.3 is 5.97 Å². The number of hydrogen-bond acceptors (Lipinski definition) is 3. The highest BCUT2D eigenvalue weighted by molar-refractivity contribution is 9.10. The Labute approximate surface area is 154 Å². The maximum Gasteiger partial charge on any atom is 0.338 e. The van der Waals surface area contributed by atoms with Gasteiger partial charge in [-0.25, -0.2) is 4.79 Å². The Bertz CT molecular complexity index is 522. The fourth-order valence-corrected chi connectivity index (χ4v) is 13.3. The summed E-state index contributed by atoms with van der Waals surface area (Å²) in [6, 6.07) is 5.95. The van der Waals surface area contributed by atoms with Gasteiger partial charge in [-0.3, -0.25) is 0 Å². The van der Waals surface area contributed by atoms with Gasteiger partial charge in [-0.15, -0.1) is 0 Å². The third-order valence-corrected chi connectivity index (χ3v) is 17.1. The summed E-state index contributed by atoms with van der Waals surface area (Å²) in [5.41, 5.74) is 2.62. The van der Waals surface area contributed by atoms with Gasteiger partial charge in [-0.2, -0.15) is 11.2 Å². The fourth-order valence-electron chi connectivity index (χ4n) is 3.51. The summed E-state index contributed by atoms with van der Waals surface area (Å²) < 4.78 is 6.09. The first-order valence-corrected chi connectivity index (χ1v) is 12.9. The van der Waals surface area contributed by atoms with E-state index in [-0.39, 0.29) is 5.97 Å². The van der Waals surface area contributed by atoms with Crippen LogP contribution in [-0.4, -0.2) is 19.8 Å². The van der Waals surface area contributed by atoms with E-state index in [1.54, 1.807) is 0 Å². The first-order valence-electron chi connectivity index (χ1n) is 8.31. The molecule has 0 saturated heterocycles. The van der Waals surface area contributed by atoms with Crippen LogP contribution < -0.4 is 0 Å². The van der Waals surface area contributed by atoms with Crippen LogP contribution in [0.1, 0.15) is 58.8 Å². The highest BCUT2D eigenvalue weighted by Crippen LogP contribution is 2.52. The molecule has 5 heteroatoms. The topological polar surface area (TPSA) is 26.3 Å². The highest BCUT2D eigenvalue weighted by atomic mass is 79.9. The Morgan fingerprint density at radius 1 is 1.09 bits per heavy atom. The van der Waals surface area contributed by atoms with Crippen molar-refractivity contribution < 1.29 is 9.53 Å². The molecular formula is C18H29BrO2SSi. The lowest BCUT2D eigenvalue weighted by molar-refractivity contribution is 0.0526. The van der Waals surface area contributed by atoms with Crippen molar-refractivity contribution in [1.29, 1.82) is 0 Å². The molecule has 2 nitrogen and oxygen atoms in total. The highest BCUT2D eigenvalue weighted by Gasteiger charge is 2.44. The predicted molar refractivity (Wildman–Crippen MR) is 107 cm³/mol. The van der Waals surface area contributed by atoms with E-state index in [1.165, 1.54) is 4.90 Å². The summed E-state index contributed by atoms with van der Waals surface area (Å²) in [6.07, 6.45) is 0. The van der Waals surface area contributed by atoms with Crippen molar-refractivity contribution in [3.63, 3.8) is 0 Å². The Balaban J connectivity index is 3.26. The van der Waals surface area contributed by atoms with Gasteiger partial charge in [0.05, 0.1) is 12.2 Å². The number of rotatable bonds is 7. The van der Waals surface area contributed by atoms with E-state index in [2.05, 4.69) is 63.5 Å². The molecule has 0 saturated carbocycles. The lowest BCUT2D eigenvalue weighted by Gasteiger charge is -2.42. The standard InChI is InChI=1S/C18H29BrO2SSi/c1-8-21-18(20)15-9-16(19)11-17(10-15)22-23(12(2)3,13(4)5)14(6)7/h9-14H,8H2,1-7H3. The first kappa shape index (κ1) is 20.8. The molecule has 0 fully saturated rings. The predicted octanol–water partition coefficient (Wildman–Crippen LogP) is 6.89. The molecule has 0 unspecified atom stereocenters. The van der Waals surface area contributed by atoms with Crippen LogP contribution in [0.3, 0.4) is 0 Å². The second-order valence-corrected chi connectivity index (χ2v) is 16.3. The van der Waals surface area contributed by atoms with E-state index in [0.29, 0.717) is 28.8 Å². The minimum absolute atomic E-state index is 0.249. The molecule has 0 aliphatic carbocycles. The van der Waals surface area contributed by atoms with Crippen molar-refractivity contribution in [1.82, 2.24) is 0 Å². The summed E-state index contributed by atoms with van der Waals surface area (Å²) in [4.78, 5) is 13.2. The van der Waals surface area contributed by atoms with Crippen LogP contribution in [0.5, 0.6) is 0 Å². The molecule has 1 aromatic carbocycles. The summed E-state index contributed by atoms with van der Waals surface area (Å²) in [6.45, 7) is 16.3. The Morgan fingerprint density at radius 3 is 2.04 bits per heavy atom. The van der Waals surface area contributed by atoms with Crippen LogP contribution in [0.15, 0.2) is 27.6 Å². The Hall–Kier alpha value is -0.263. The summed E-state index contributed by atoms with van der Waals surface area (Å²) >= 11 is 5.57. The summed E-state index contributed by atoms with van der Waals surface area (Å²) in [7, 11) is -1.62. The molecule has 0 amide bonds. The molecule has 1 rings (SSSR count). The zero-order chi connectivity index (χ0) is 17.8. The average Bonchev–Trinajstić information content (AvgIpc) is 2.43. The smallest absolute Gasteiger partial charge is 0.338 e. The normalized spacial score (nSPS) is 12.3. The SMILES string of the molecule is CCOC(=O)c1cc(Br)cc(S[Si](C(C)C)(C(C)C)C(C)C)c1. The molecule has 0 spiro atoms. The molecule has 0 radical (unpaired) electrons. The van der Waals surface area contributed by atoms with Crippen LogP contribution in [0.25, 0.3) is 0 Å². The zero-order valence-electron chi connectivity index (χ0n) is 15.3. The van der Waals surface area contributed by atoms with Gasteiger partial charge in [0.15, 0.2) is 0 Å². The van der Waals surface area contributed by atoms with Crippen molar-refractivity contribution in [3.8, 4) is 0 Å². The molecular weight excluding hydrogens is 388 g/mol. The quantitative estimate of drug-likeness (QED) is 0.357. The van der Waals surface area contributed by atoms with Crippen molar-refractivity contribution >= 4 is 40.3 Å². The molecule has 0 heterocycles. The largest absolute Gasteiger partial charge is 0.462 e. The zero-order valence-corrected chi connectivity index (χ0v) is 18.7. The van der Waals surface area contributed by atoms with Crippen LogP contribution >= 0.6 is 27.1 Å². The monoisotopic (exact) mass is 416 g/mol. The summed E-state index contributed by atoms with van der Waals surface area (Å²) in [5.74, 6) is -0.249. The molecule has 1 aromatic rings. The van der Waals surface area contributed by atoms with Gasteiger partial charge in [0, 0.05) is 9.37 Å². The van der Waals surface area contributed by atoms with Gasteiger partial charge in [-0.05, 0) is 41.7 Å². The van der Waals surface area contributed by atoms with Gasteiger partial charge in [0.1, 0.15) is 7.22 Å². The second kappa shape index (κ2) is 8.72.